The predicted molar refractivity (Wildman–Crippen MR) is 101 cm³/mol. The van der Waals surface area contributed by atoms with Crippen LogP contribution in [0.4, 0.5) is 19.0 Å². The first-order valence-electron chi connectivity index (χ1n) is 10.1. The van der Waals surface area contributed by atoms with Crippen LogP contribution in [0.15, 0.2) is 36.7 Å². The molecule has 0 bridgehead atoms. The Hall–Kier alpha value is -2.68. The second-order valence-electron chi connectivity index (χ2n) is 8.02. The first kappa shape index (κ1) is 19.3. The Labute approximate surface area is 171 Å². The molecule has 1 spiro atoms. The Bertz CT molecular complexity index is 965. The second kappa shape index (κ2) is 7.23. The van der Waals surface area contributed by atoms with E-state index < -0.39 is 12.0 Å². The number of fused-ring (bicyclic) bond motifs is 1. The minimum absolute atomic E-state index is 0.0603. The number of benzene rings is 1. The summed E-state index contributed by atoms with van der Waals surface area (Å²) in [5.41, 5.74) is -0.442. The molecule has 4 heterocycles. The van der Waals surface area contributed by atoms with E-state index in [1.54, 1.807) is 11.0 Å². The van der Waals surface area contributed by atoms with Crippen molar-refractivity contribution in [2.75, 3.05) is 18.0 Å². The number of ether oxygens (including phenoxy) is 1. The average molecular weight is 418 g/mol. The zero-order valence-electron chi connectivity index (χ0n) is 16.2. The number of hydrogen-bond donors (Lipinski definition) is 0. The van der Waals surface area contributed by atoms with E-state index in [4.69, 9.17) is 4.74 Å². The molecule has 0 N–H and O–H groups in total. The molecular formula is C21H21F3N4O2. The van der Waals surface area contributed by atoms with Gasteiger partial charge < -0.3 is 14.5 Å². The topological polar surface area (TPSA) is 58.6 Å². The van der Waals surface area contributed by atoms with Gasteiger partial charge >= 0.3 is 0 Å². The fourth-order valence-electron chi connectivity index (χ4n) is 4.84. The molecule has 0 saturated carbocycles. The Kier molecular flexibility index (Phi) is 4.65. The normalized spacial score (nSPS) is 25.4. The quantitative estimate of drug-likeness (QED) is 0.762. The van der Waals surface area contributed by atoms with Crippen LogP contribution in [0.25, 0.3) is 0 Å². The molecule has 1 aromatic heterocycles. The van der Waals surface area contributed by atoms with Gasteiger partial charge in [-0.05, 0) is 30.5 Å². The molecule has 0 aliphatic carbocycles. The molecule has 30 heavy (non-hydrogen) atoms. The highest BCUT2D eigenvalue weighted by Gasteiger charge is 2.58. The number of nitrogens with zero attached hydrogens (tertiary/aromatic N) is 4. The summed E-state index contributed by atoms with van der Waals surface area (Å²) in [6.45, 7) is 0.938. The number of carbonyl (C=O) groups is 1. The number of carbonyl (C=O) groups excluding carboxylic acids is 1. The molecule has 5 rings (SSSR count). The molecule has 9 heteroatoms. The number of amides is 1. The maximum Gasteiger partial charge on any atom is 0.280 e. The summed E-state index contributed by atoms with van der Waals surface area (Å²) in [7, 11) is 0. The molecule has 2 aromatic rings. The molecule has 6 nitrogen and oxygen atoms in total. The molecule has 0 radical (unpaired) electrons. The molecule has 3 aliphatic heterocycles. The zero-order chi connectivity index (χ0) is 20.9. The molecular weight excluding hydrogens is 397 g/mol. The zero-order valence-corrected chi connectivity index (χ0v) is 16.2. The Morgan fingerprint density at radius 1 is 1.13 bits per heavy atom. The minimum atomic E-state index is -2.66. The van der Waals surface area contributed by atoms with Gasteiger partial charge in [0.15, 0.2) is 5.60 Å². The van der Waals surface area contributed by atoms with E-state index in [0.29, 0.717) is 38.2 Å². The summed E-state index contributed by atoms with van der Waals surface area (Å²) in [6.07, 6.45) is 0.515. The van der Waals surface area contributed by atoms with Crippen molar-refractivity contribution < 1.29 is 22.7 Å². The van der Waals surface area contributed by atoms with Gasteiger partial charge in [0, 0.05) is 32.0 Å². The molecule has 3 saturated heterocycles. The van der Waals surface area contributed by atoms with Gasteiger partial charge in [-0.15, -0.1) is 0 Å². The van der Waals surface area contributed by atoms with Crippen LogP contribution in [0, 0.1) is 5.82 Å². The summed E-state index contributed by atoms with van der Waals surface area (Å²) < 4.78 is 45.8. The molecule has 2 unspecified atom stereocenters. The van der Waals surface area contributed by atoms with Crippen molar-refractivity contribution in [3.05, 3.63) is 53.7 Å². The summed E-state index contributed by atoms with van der Waals surface area (Å²) in [5, 5.41) is 0. The van der Waals surface area contributed by atoms with E-state index in [2.05, 4.69) is 9.97 Å². The number of rotatable bonds is 3. The van der Waals surface area contributed by atoms with Crippen molar-refractivity contribution in [1.82, 2.24) is 14.9 Å². The van der Waals surface area contributed by atoms with Gasteiger partial charge in [-0.1, -0.05) is 12.1 Å². The third-order valence-corrected chi connectivity index (χ3v) is 6.34. The molecule has 158 valence electrons. The van der Waals surface area contributed by atoms with Crippen LogP contribution < -0.4 is 4.90 Å². The third kappa shape index (κ3) is 3.12. The van der Waals surface area contributed by atoms with Gasteiger partial charge in [0.05, 0.1) is 6.04 Å². The van der Waals surface area contributed by atoms with Crippen molar-refractivity contribution in [2.45, 2.75) is 50.0 Å². The smallest absolute Gasteiger partial charge is 0.280 e. The standard InChI is InChI=1S/C21H21F3N4O2/c22-14-3-1-2-13(10-14)16-4-5-18-28(16)20(29)21(30-18)6-8-27(9-7-21)17-11-15(19(23)24)25-12-26-17/h1-3,10-12,16,18-19H,4-9H2. The fraction of sp³-hybridized carbons (Fsp3) is 0.476. The first-order chi connectivity index (χ1) is 14.5. The van der Waals surface area contributed by atoms with Crippen molar-refractivity contribution in [3.63, 3.8) is 0 Å². The second-order valence-corrected chi connectivity index (χ2v) is 8.02. The molecule has 3 fully saturated rings. The minimum Gasteiger partial charge on any atom is -0.356 e. The van der Waals surface area contributed by atoms with E-state index >= 15 is 0 Å². The number of halogens is 3. The number of aromatic nitrogens is 2. The summed E-state index contributed by atoms with van der Waals surface area (Å²) in [5.74, 6) is 0.0492. The first-order valence-corrected chi connectivity index (χ1v) is 10.1. The lowest BCUT2D eigenvalue weighted by molar-refractivity contribution is -0.140. The molecule has 1 aromatic carbocycles. The molecule has 2 atom stereocenters. The van der Waals surface area contributed by atoms with Crippen LogP contribution in [-0.4, -0.2) is 45.7 Å². The van der Waals surface area contributed by atoms with Crippen LogP contribution in [0.2, 0.25) is 0 Å². The summed E-state index contributed by atoms with van der Waals surface area (Å²) in [6, 6.07) is 7.46. The summed E-state index contributed by atoms with van der Waals surface area (Å²) in [4.78, 5) is 24.7. The van der Waals surface area contributed by atoms with Gasteiger partial charge in [-0.25, -0.2) is 23.1 Å². The molecule has 1 amide bonds. The van der Waals surface area contributed by atoms with Gasteiger partial charge in [0.2, 0.25) is 0 Å². The number of anilines is 1. The van der Waals surface area contributed by atoms with Gasteiger partial charge in [0.1, 0.15) is 29.9 Å². The van der Waals surface area contributed by atoms with Crippen LogP contribution in [0.5, 0.6) is 0 Å². The number of hydrogen-bond acceptors (Lipinski definition) is 5. The van der Waals surface area contributed by atoms with Crippen LogP contribution in [0.3, 0.4) is 0 Å². The molecule has 3 aliphatic rings. The highest BCUT2D eigenvalue weighted by molar-refractivity contribution is 5.88. The fourth-order valence-corrected chi connectivity index (χ4v) is 4.84. The highest BCUT2D eigenvalue weighted by atomic mass is 19.3. The average Bonchev–Trinajstić information content (AvgIpc) is 3.27. The van der Waals surface area contributed by atoms with Crippen molar-refractivity contribution in [1.29, 1.82) is 0 Å². The van der Waals surface area contributed by atoms with Crippen LogP contribution >= 0.6 is 0 Å². The Balaban J connectivity index is 1.32. The SMILES string of the molecule is O=C1N2C(CCC2c2cccc(F)c2)OC12CCN(c1cc(C(F)F)ncn1)CC2. The lowest BCUT2D eigenvalue weighted by Gasteiger charge is -2.38. The van der Waals surface area contributed by atoms with Crippen molar-refractivity contribution >= 4 is 11.7 Å². The van der Waals surface area contributed by atoms with Crippen LogP contribution in [0.1, 0.15) is 49.4 Å². The van der Waals surface area contributed by atoms with E-state index in [-0.39, 0.29) is 29.7 Å². The maximum absolute atomic E-state index is 13.7. The van der Waals surface area contributed by atoms with Gasteiger partial charge in [-0.2, -0.15) is 0 Å². The Morgan fingerprint density at radius 2 is 1.93 bits per heavy atom. The van der Waals surface area contributed by atoms with Crippen LogP contribution in [-0.2, 0) is 9.53 Å². The third-order valence-electron chi connectivity index (χ3n) is 6.34. The largest absolute Gasteiger partial charge is 0.356 e. The van der Waals surface area contributed by atoms with E-state index in [1.807, 2.05) is 11.0 Å². The predicted octanol–water partition coefficient (Wildman–Crippen LogP) is 3.61. The number of alkyl halides is 2. The summed E-state index contributed by atoms with van der Waals surface area (Å²) >= 11 is 0. The monoisotopic (exact) mass is 418 g/mol. The van der Waals surface area contributed by atoms with E-state index in [0.717, 1.165) is 18.3 Å². The lowest BCUT2D eigenvalue weighted by Crippen LogP contribution is -2.50. The maximum atomic E-state index is 13.7. The lowest BCUT2D eigenvalue weighted by atomic mass is 9.89. The number of piperidine rings is 1. The van der Waals surface area contributed by atoms with E-state index in [9.17, 15) is 18.0 Å². The van der Waals surface area contributed by atoms with Gasteiger partial charge in [-0.3, -0.25) is 4.79 Å². The van der Waals surface area contributed by atoms with Crippen molar-refractivity contribution in [3.8, 4) is 0 Å². The Morgan fingerprint density at radius 3 is 2.67 bits per heavy atom. The van der Waals surface area contributed by atoms with E-state index in [1.165, 1.54) is 18.2 Å². The van der Waals surface area contributed by atoms with Gasteiger partial charge in [0.25, 0.3) is 12.3 Å². The van der Waals surface area contributed by atoms with Crippen molar-refractivity contribution in [2.24, 2.45) is 0 Å². The highest BCUT2D eigenvalue weighted by Crippen LogP contribution is 2.47.